The van der Waals surface area contributed by atoms with Crippen LogP contribution in [0.1, 0.15) is 62.2 Å². The molecule has 2 heterocycles. The zero-order valence-corrected chi connectivity index (χ0v) is 20.2. The van der Waals surface area contributed by atoms with E-state index < -0.39 is 16.2 Å². The number of aromatic nitrogens is 4. The van der Waals surface area contributed by atoms with Crippen molar-refractivity contribution in [2.45, 2.75) is 63.6 Å². The molecule has 0 saturated carbocycles. The second-order valence-corrected chi connectivity index (χ2v) is 9.12. The van der Waals surface area contributed by atoms with Gasteiger partial charge in [-0.2, -0.15) is 0 Å². The van der Waals surface area contributed by atoms with Crippen molar-refractivity contribution in [3.05, 3.63) is 60.8 Å². The first-order valence-electron chi connectivity index (χ1n) is 11.4. The lowest BCUT2D eigenvalue weighted by molar-refractivity contribution is -0.384. The van der Waals surface area contributed by atoms with Crippen LogP contribution in [0.4, 0.5) is 5.69 Å². The number of nitro groups is 1. The highest BCUT2D eigenvalue weighted by atomic mass is 32.2. The van der Waals surface area contributed by atoms with Crippen molar-refractivity contribution in [3.8, 4) is 0 Å². The van der Waals surface area contributed by atoms with Gasteiger partial charge < -0.3 is 4.57 Å². The van der Waals surface area contributed by atoms with Gasteiger partial charge in [0.15, 0.2) is 22.1 Å². The summed E-state index contributed by atoms with van der Waals surface area (Å²) in [5, 5.41) is 11.5. The first-order valence-corrected chi connectivity index (χ1v) is 12.4. The number of aryl methyl sites for hydroxylation is 2. The molecule has 0 fully saturated rings. The predicted octanol–water partition coefficient (Wildman–Crippen LogP) is 4.06. The van der Waals surface area contributed by atoms with Crippen LogP contribution in [0, 0.1) is 10.1 Å². The third kappa shape index (κ3) is 6.02. The summed E-state index contributed by atoms with van der Waals surface area (Å²) in [5.74, 6) is -0.293. The van der Waals surface area contributed by atoms with Gasteiger partial charge in [-0.15, -0.1) is 0 Å². The molecule has 0 atom stereocenters. The fourth-order valence-electron chi connectivity index (χ4n) is 3.77. The number of aromatic amines is 1. The van der Waals surface area contributed by atoms with E-state index in [0.29, 0.717) is 17.2 Å². The highest BCUT2D eigenvalue weighted by Crippen LogP contribution is 2.24. The number of nitro benzene ring substituents is 1. The Balaban J connectivity index is 1.80. The molecule has 0 spiro atoms. The Labute approximate surface area is 200 Å². The first kappa shape index (κ1) is 25.4. The molecule has 34 heavy (non-hydrogen) atoms. The van der Waals surface area contributed by atoms with Crippen LogP contribution in [0.5, 0.6) is 0 Å². The molecular formula is C23H29N5O5S. The lowest BCUT2D eigenvalue weighted by Crippen LogP contribution is -2.29. The molecule has 0 radical (unpaired) electrons. The van der Waals surface area contributed by atoms with Crippen molar-refractivity contribution in [1.29, 1.82) is 0 Å². The van der Waals surface area contributed by atoms with Crippen LogP contribution in [0.3, 0.4) is 0 Å². The van der Waals surface area contributed by atoms with Gasteiger partial charge in [0.2, 0.25) is 0 Å². The lowest BCUT2D eigenvalue weighted by atomic mass is 10.1. The quantitative estimate of drug-likeness (QED) is 0.126. The molecule has 0 amide bonds. The second kappa shape index (κ2) is 11.8. The molecule has 0 unspecified atom stereocenters. The van der Waals surface area contributed by atoms with Crippen molar-refractivity contribution in [1.82, 2.24) is 19.1 Å². The highest BCUT2D eigenvalue weighted by Gasteiger charge is 2.19. The van der Waals surface area contributed by atoms with Crippen LogP contribution in [0.2, 0.25) is 0 Å². The number of Topliss-reactive ketones (excluding diaryl/α,β-unsaturated/α-hetero) is 1. The number of H-pyrrole nitrogens is 1. The number of ketones is 1. The van der Waals surface area contributed by atoms with Crippen LogP contribution >= 0.6 is 11.8 Å². The number of benzene rings is 1. The maximum atomic E-state index is 12.7. The Morgan fingerprint density at radius 3 is 2.56 bits per heavy atom. The Bertz CT molecular complexity index is 1290. The molecule has 0 aliphatic rings. The Morgan fingerprint density at radius 1 is 1.15 bits per heavy atom. The number of imidazole rings is 1. The smallest absolute Gasteiger partial charge is 0.313 e. The fourth-order valence-corrected chi connectivity index (χ4v) is 4.68. The molecule has 0 bridgehead atoms. The number of carbonyl (C=O) groups excluding carboxylic acids is 1. The molecule has 3 aromatic rings. The Kier molecular flexibility index (Phi) is 8.80. The monoisotopic (exact) mass is 487 g/mol. The summed E-state index contributed by atoms with van der Waals surface area (Å²) in [4.78, 5) is 54.6. The van der Waals surface area contributed by atoms with E-state index in [1.807, 2.05) is 0 Å². The first-order chi connectivity index (χ1) is 16.3. The molecular weight excluding hydrogens is 458 g/mol. The third-order valence-electron chi connectivity index (χ3n) is 5.67. The van der Waals surface area contributed by atoms with Crippen molar-refractivity contribution >= 4 is 34.4 Å². The molecule has 0 saturated heterocycles. The van der Waals surface area contributed by atoms with Crippen LogP contribution in [0.15, 0.2) is 39.0 Å². The molecule has 1 aromatic carbocycles. The van der Waals surface area contributed by atoms with Gasteiger partial charge >= 0.3 is 5.69 Å². The lowest BCUT2D eigenvalue weighted by Gasteiger charge is -2.08. The average Bonchev–Trinajstić information content (AvgIpc) is 3.19. The van der Waals surface area contributed by atoms with Gasteiger partial charge in [0.25, 0.3) is 11.2 Å². The molecule has 11 heteroatoms. The standard InChI is InChI=1S/C23H29N5O5S/c1-3-4-5-6-7-8-9-13-27-19-20(26(2)22(31)25-21(19)30)24-23(27)34-15-18(29)16-11-10-12-17(14-16)28(32)33/h10-12,14H,3-9,13,15H2,1-2H3,(H,25,30,31). The number of thioether (sulfide) groups is 1. The maximum Gasteiger partial charge on any atom is 0.329 e. The van der Waals surface area contributed by atoms with Crippen molar-refractivity contribution in [2.75, 3.05) is 5.75 Å². The summed E-state index contributed by atoms with van der Waals surface area (Å²) in [7, 11) is 1.54. The minimum atomic E-state index is -0.553. The van der Waals surface area contributed by atoms with Gasteiger partial charge in [0, 0.05) is 31.3 Å². The number of carbonyl (C=O) groups is 1. The minimum absolute atomic E-state index is 0.00659. The van der Waals surface area contributed by atoms with E-state index in [-0.39, 0.29) is 28.4 Å². The molecule has 10 nitrogen and oxygen atoms in total. The van der Waals surface area contributed by atoms with Gasteiger partial charge in [-0.1, -0.05) is 69.3 Å². The summed E-state index contributed by atoms with van der Waals surface area (Å²) in [5.41, 5.74) is -0.404. The van der Waals surface area contributed by atoms with Gasteiger partial charge in [-0.05, 0) is 6.42 Å². The van der Waals surface area contributed by atoms with Gasteiger partial charge in [0.1, 0.15) is 0 Å². The zero-order valence-electron chi connectivity index (χ0n) is 19.4. The minimum Gasteiger partial charge on any atom is -0.313 e. The summed E-state index contributed by atoms with van der Waals surface area (Å²) in [6.45, 7) is 2.72. The van der Waals surface area contributed by atoms with E-state index in [4.69, 9.17) is 0 Å². The topological polar surface area (TPSA) is 133 Å². The normalized spacial score (nSPS) is 11.2. The van der Waals surface area contributed by atoms with Crippen LogP contribution in [0.25, 0.3) is 11.2 Å². The van der Waals surface area contributed by atoms with Crippen LogP contribution < -0.4 is 11.2 Å². The number of unbranched alkanes of at least 4 members (excludes halogenated alkanes) is 6. The van der Waals surface area contributed by atoms with E-state index in [9.17, 15) is 24.5 Å². The van der Waals surface area contributed by atoms with Crippen LogP contribution in [-0.2, 0) is 13.6 Å². The SMILES string of the molecule is CCCCCCCCCn1c(SCC(=O)c2cccc([N+](=O)[O-])c2)nc2c1c(=O)[nH]c(=O)n2C. The van der Waals surface area contributed by atoms with Gasteiger partial charge in [-0.25, -0.2) is 9.78 Å². The van der Waals surface area contributed by atoms with Crippen LogP contribution in [-0.4, -0.2) is 35.6 Å². The van der Waals surface area contributed by atoms with E-state index in [0.717, 1.165) is 31.0 Å². The van der Waals surface area contributed by atoms with E-state index >= 15 is 0 Å². The highest BCUT2D eigenvalue weighted by molar-refractivity contribution is 7.99. The molecule has 0 aliphatic heterocycles. The number of hydrogen-bond acceptors (Lipinski definition) is 7. The summed E-state index contributed by atoms with van der Waals surface area (Å²) in [6, 6.07) is 5.59. The van der Waals surface area contributed by atoms with E-state index in [2.05, 4.69) is 16.9 Å². The Morgan fingerprint density at radius 2 is 1.85 bits per heavy atom. The maximum absolute atomic E-state index is 12.7. The van der Waals surface area contributed by atoms with Crippen molar-refractivity contribution in [2.24, 2.45) is 7.05 Å². The average molecular weight is 488 g/mol. The molecule has 1 N–H and O–H groups in total. The molecule has 182 valence electrons. The van der Waals surface area contributed by atoms with E-state index in [1.165, 1.54) is 61.6 Å². The summed E-state index contributed by atoms with van der Waals surface area (Å²) >= 11 is 1.15. The third-order valence-corrected chi connectivity index (χ3v) is 6.65. The number of nitrogens with zero attached hydrogens (tertiary/aromatic N) is 4. The largest absolute Gasteiger partial charge is 0.329 e. The molecule has 0 aliphatic carbocycles. The molecule has 2 aromatic heterocycles. The van der Waals surface area contributed by atoms with Gasteiger partial charge in [-0.3, -0.25) is 29.3 Å². The number of nitrogens with one attached hydrogen (secondary N) is 1. The fraction of sp³-hybridized carbons (Fsp3) is 0.478. The number of hydrogen-bond donors (Lipinski definition) is 1. The zero-order chi connectivity index (χ0) is 24.7. The van der Waals surface area contributed by atoms with Crippen molar-refractivity contribution in [3.63, 3.8) is 0 Å². The number of non-ortho nitro benzene ring substituents is 1. The number of fused-ring (bicyclic) bond motifs is 1. The predicted molar refractivity (Wildman–Crippen MR) is 132 cm³/mol. The van der Waals surface area contributed by atoms with Gasteiger partial charge in [0.05, 0.1) is 10.7 Å². The molecule has 3 rings (SSSR count). The van der Waals surface area contributed by atoms with Crippen molar-refractivity contribution < 1.29 is 9.72 Å². The summed E-state index contributed by atoms with van der Waals surface area (Å²) < 4.78 is 3.05. The summed E-state index contributed by atoms with van der Waals surface area (Å²) in [6.07, 6.45) is 7.76. The Hall–Kier alpha value is -3.21. The van der Waals surface area contributed by atoms with E-state index in [1.54, 1.807) is 4.57 Å². The second-order valence-electron chi connectivity index (χ2n) is 8.18. The number of rotatable bonds is 13.